The third kappa shape index (κ3) is 5.15. The summed E-state index contributed by atoms with van der Waals surface area (Å²) in [6.45, 7) is 0. The summed E-state index contributed by atoms with van der Waals surface area (Å²) >= 11 is 1.12. The van der Waals surface area contributed by atoms with Gasteiger partial charge in [0, 0.05) is 5.56 Å². The van der Waals surface area contributed by atoms with Gasteiger partial charge in [-0.05, 0) is 29.6 Å². The van der Waals surface area contributed by atoms with E-state index in [2.05, 4.69) is 10.5 Å². The number of hydrogen-bond donors (Lipinski definition) is 1. The lowest BCUT2D eigenvalue weighted by atomic mass is 10.1. The first-order valence-electron chi connectivity index (χ1n) is 6.96. The molecule has 25 heavy (non-hydrogen) atoms. The average molecular weight is 370 g/mol. The quantitative estimate of drug-likeness (QED) is 0.626. The summed E-state index contributed by atoms with van der Waals surface area (Å²) in [7, 11) is 1.44. The molecule has 0 radical (unpaired) electrons. The van der Waals surface area contributed by atoms with Crippen LogP contribution in [0.1, 0.15) is 21.7 Å². The topological polar surface area (TPSA) is 67.8 Å². The highest BCUT2D eigenvalue weighted by atomic mass is 32.1. The number of thiophene rings is 1. The maximum atomic E-state index is 12.5. The number of rotatable bonds is 6. The lowest BCUT2D eigenvalue weighted by Crippen LogP contribution is -2.27. The van der Waals surface area contributed by atoms with Crippen LogP contribution in [0, 0.1) is 0 Å². The Balaban J connectivity index is 2.19. The van der Waals surface area contributed by atoms with Crippen molar-refractivity contribution in [1.29, 1.82) is 0 Å². The van der Waals surface area contributed by atoms with Gasteiger partial charge in [0.1, 0.15) is 5.75 Å². The molecule has 1 aromatic heterocycles. The summed E-state index contributed by atoms with van der Waals surface area (Å²) in [6, 6.07) is 9.31. The Kier molecular flexibility index (Phi) is 5.92. The van der Waals surface area contributed by atoms with Crippen LogP contribution in [0.2, 0.25) is 0 Å². The van der Waals surface area contributed by atoms with Gasteiger partial charge in [-0.2, -0.15) is 18.3 Å². The number of ketones is 1. The number of hydrazone groups is 1. The summed E-state index contributed by atoms with van der Waals surface area (Å²) in [4.78, 5) is 23.7. The third-order valence-corrected chi connectivity index (χ3v) is 3.99. The Morgan fingerprint density at radius 1 is 1.24 bits per heavy atom. The van der Waals surface area contributed by atoms with Crippen LogP contribution in [-0.2, 0) is 4.79 Å². The van der Waals surface area contributed by atoms with Crippen molar-refractivity contribution in [3.05, 3.63) is 52.2 Å². The van der Waals surface area contributed by atoms with Crippen molar-refractivity contribution in [2.75, 3.05) is 7.11 Å². The summed E-state index contributed by atoms with van der Waals surface area (Å²) in [6.07, 6.45) is -5.92. The van der Waals surface area contributed by atoms with Gasteiger partial charge >= 0.3 is 6.18 Å². The van der Waals surface area contributed by atoms with Gasteiger partial charge in [-0.3, -0.25) is 9.59 Å². The van der Waals surface area contributed by atoms with Crippen LogP contribution in [0.25, 0.3) is 0 Å². The number of alkyl halides is 3. The molecule has 1 amide bonds. The predicted molar refractivity (Wildman–Crippen MR) is 87.0 cm³/mol. The van der Waals surface area contributed by atoms with E-state index < -0.39 is 24.3 Å². The zero-order valence-corrected chi connectivity index (χ0v) is 13.8. The molecule has 1 heterocycles. The Morgan fingerprint density at radius 3 is 2.60 bits per heavy atom. The summed E-state index contributed by atoms with van der Waals surface area (Å²) in [5.74, 6) is -2.12. The molecule has 132 valence electrons. The van der Waals surface area contributed by atoms with Crippen LogP contribution in [0.15, 0.2) is 46.9 Å². The molecule has 0 fully saturated rings. The molecule has 0 saturated heterocycles. The van der Waals surface area contributed by atoms with Gasteiger partial charge in [0.05, 0.1) is 24.1 Å². The van der Waals surface area contributed by atoms with Crippen LogP contribution in [0.5, 0.6) is 5.75 Å². The Labute approximate surface area is 145 Å². The number of methoxy groups -OCH3 is 1. The molecule has 0 aliphatic heterocycles. The predicted octanol–water partition coefficient (Wildman–Crippen LogP) is 3.41. The van der Waals surface area contributed by atoms with E-state index >= 15 is 0 Å². The lowest BCUT2D eigenvalue weighted by Gasteiger charge is -2.08. The maximum Gasteiger partial charge on any atom is 0.450 e. The van der Waals surface area contributed by atoms with E-state index in [1.165, 1.54) is 25.3 Å². The first-order valence-corrected chi connectivity index (χ1v) is 7.84. The first-order chi connectivity index (χ1) is 11.8. The molecule has 9 heteroatoms. The molecule has 0 aliphatic carbocycles. The molecular weight excluding hydrogens is 357 g/mol. The largest absolute Gasteiger partial charge is 0.497 e. The number of ether oxygens (including phenoxy) is 1. The van der Waals surface area contributed by atoms with Crippen LogP contribution in [0.3, 0.4) is 0 Å². The van der Waals surface area contributed by atoms with Crippen molar-refractivity contribution in [2.24, 2.45) is 5.10 Å². The summed E-state index contributed by atoms with van der Waals surface area (Å²) < 4.78 is 42.5. The Morgan fingerprint density at radius 2 is 2.00 bits per heavy atom. The van der Waals surface area contributed by atoms with E-state index in [1.54, 1.807) is 23.6 Å². The number of nitrogens with one attached hydrogen (secondary N) is 1. The fourth-order valence-corrected chi connectivity index (χ4v) is 2.54. The number of halogens is 3. The first kappa shape index (κ1) is 18.7. The molecule has 0 aliphatic rings. The lowest BCUT2D eigenvalue weighted by molar-refractivity contribution is -0.169. The van der Waals surface area contributed by atoms with Gasteiger partial charge in [-0.25, -0.2) is 5.43 Å². The fraction of sp³-hybridized carbons (Fsp3) is 0.188. The minimum Gasteiger partial charge on any atom is -0.497 e. The van der Waals surface area contributed by atoms with E-state index in [0.717, 1.165) is 11.3 Å². The molecule has 0 saturated carbocycles. The fourth-order valence-electron chi connectivity index (χ4n) is 1.82. The highest BCUT2D eigenvalue weighted by Gasteiger charge is 2.38. The molecule has 0 atom stereocenters. The van der Waals surface area contributed by atoms with Gasteiger partial charge in [0.25, 0.3) is 5.91 Å². The Hall–Kier alpha value is -2.68. The van der Waals surface area contributed by atoms with Gasteiger partial charge in [0.15, 0.2) is 0 Å². The van der Waals surface area contributed by atoms with Crippen LogP contribution >= 0.6 is 11.3 Å². The van der Waals surface area contributed by atoms with E-state index in [-0.39, 0.29) is 11.3 Å². The molecule has 1 aromatic carbocycles. The molecule has 2 rings (SSSR count). The van der Waals surface area contributed by atoms with Crippen molar-refractivity contribution in [3.8, 4) is 5.75 Å². The SMILES string of the molecule is COc1cccc(C(=O)N/N=C(/CC(=O)C(F)(F)F)c2cccs2)c1. The molecule has 0 spiro atoms. The highest BCUT2D eigenvalue weighted by molar-refractivity contribution is 7.12. The van der Waals surface area contributed by atoms with Crippen LogP contribution < -0.4 is 10.2 Å². The number of hydrogen-bond acceptors (Lipinski definition) is 5. The number of carbonyl (C=O) groups excluding carboxylic acids is 2. The van der Waals surface area contributed by atoms with Crippen molar-refractivity contribution < 1.29 is 27.5 Å². The van der Waals surface area contributed by atoms with E-state index in [1.807, 2.05) is 0 Å². The van der Waals surface area contributed by atoms with E-state index in [9.17, 15) is 22.8 Å². The van der Waals surface area contributed by atoms with Gasteiger partial charge < -0.3 is 4.74 Å². The van der Waals surface area contributed by atoms with Crippen molar-refractivity contribution in [1.82, 2.24) is 5.43 Å². The van der Waals surface area contributed by atoms with Crippen molar-refractivity contribution in [2.45, 2.75) is 12.6 Å². The monoisotopic (exact) mass is 370 g/mol. The number of Topliss-reactive ketones (excluding diaryl/α,β-unsaturated/α-hetero) is 1. The van der Waals surface area contributed by atoms with Gasteiger partial charge in [0.2, 0.25) is 5.78 Å². The van der Waals surface area contributed by atoms with Crippen molar-refractivity contribution >= 4 is 28.7 Å². The van der Waals surface area contributed by atoms with Crippen LogP contribution in [0.4, 0.5) is 13.2 Å². The standard InChI is InChI=1S/C16H13F3N2O3S/c1-24-11-5-2-4-10(8-11)15(23)21-20-12(13-6-3-7-25-13)9-14(22)16(17,18)19/h2-8H,9H2,1H3,(H,21,23)/b20-12-. The molecule has 5 nitrogen and oxygen atoms in total. The zero-order valence-electron chi connectivity index (χ0n) is 13.0. The minimum absolute atomic E-state index is 0.159. The minimum atomic E-state index is -4.96. The van der Waals surface area contributed by atoms with Crippen LogP contribution in [-0.4, -0.2) is 30.7 Å². The highest BCUT2D eigenvalue weighted by Crippen LogP contribution is 2.21. The molecule has 2 aromatic rings. The number of nitrogens with zero attached hydrogens (tertiary/aromatic N) is 1. The normalized spacial score (nSPS) is 11.9. The Bertz CT molecular complexity index is 786. The maximum absolute atomic E-state index is 12.5. The summed E-state index contributed by atoms with van der Waals surface area (Å²) in [5.41, 5.74) is 2.24. The van der Waals surface area contributed by atoms with Gasteiger partial charge in [-0.1, -0.05) is 12.1 Å². The molecule has 1 N–H and O–H groups in total. The van der Waals surface area contributed by atoms with E-state index in [0.29, 0.717) is 10.6 Å². The van der Waals surface area contributed by atoms with E-state index in [4.69, 9.17) is 4.74 Å². The number of amides is 1. The second kappa shape index (κ2) is 7.93. The second-order valence-electron chi connectivity index (χ2n) is 4.81. The molecule has 0 bridgehead atoms. The smallest absolute Gasteiger partial charge is 0.450 e. The molecular formula is C16H13F3N2O3S. The number of carbonyl (C=O) groups is 2. The second-order valence-corrected chi connectivity index (χ2v) is 5.75. The zero-order chi connectivity index (χ0) is 18.4. The third-order valence-electron chi connectivity index (χ3n) is 3.07. The number of benzene rings is 1. The molecule has 0 unspecified atom stereocenters. The van der Waals surface area contributed by atoms with Gasteiger partial charge in [-0.15, -0.1) is 11.3 Å². The van der Waals surface area contributed by atoms with Crippen molar-refractivity contribution in [3.63, 3.8) is 0 Å². The summed E-state index contributed by atoms with van der Waals surface area (Å²) in [5, 5.41) is 5.35. The average Bonchev–Trinajstić information content (AvgIpc) is 3.11.